The molecule has 0 amide bonds. The molecule has 3 heterocycles. The van der Waals surface area contributed by atoms with E-state index in [1.807, 2.05) is 30.5 Å². The smallest absolute Gasteiger partial charge is 0.174 e. The van der Waals surface area contributed by atoms with E-state index in [2.05, 4.69) is 95.9 Å². The van der Waals surface area contributed by atoms with Gasteiger partial charge in [0.05, 0.1) is 24.9 Å². The predicted octanol–water partition coefficient (Wildman–Crippen LogP) is 6.52. The van der Waals surface area contributed by atoms with Crippen LogP contribution in [0.15, 0.2) is 79.0 Å². The highest BCUT2D eigenvalue weighted by molar-refractivity contribution is 7.80. The first kappa shape index (κ1) is 25.8. The van der Waals surface area contributed by atoms with E-state index in [9.17, 15) is 0 Å². The van der Waals surface area contributed by atoms with Crippen LogP contribution in [-0.2, 0) is 0 Å². The van der Waals surface area contributed by atoms with Crippen molar-refractivity contribution >= 4 is 28.7 Å². The van der Waals surface area contributed by atoms with Crippen molar-refractivity contribution in [2.24, 2.45) is 0 Å². The zero-order chi connectivity index (χ0) is 26.8. The number of aryl methyl sites for hydroxylation is 1. The first-order chi connectivity index (χ1) is 18.5. The van der Waals surface area contributed by atoms with Gasteiger partial charge < -0.3 is 24.4 Å². The third-order valence-corrected chi connectivity index (χ3v) is 7.79. The lowest BCUT2D eigenvalue weighted by Crippen LogP contribution is -2.29. The molecule has 0 spiro atoms. The first-order valence-corrected chi connectivity index (χ1v) is 13.6. The predicted molar refractivity (Wildman–Crippen MR) is 160 cm³/mol. The molecule has 0 bridgehead atoms. The van der Waals surface area contributed by atoms with Gasteiger partial charge in [0.15, 0.2) is 5.11 Å². The molecule has 1 N–H and O–H groups in total. The number of hydrogen-bond donors (Lipinski definition) is 1. The number of methoxy groups -OCH3 is 1. The van der Waals surface area contributed by atoms with Gasteiger partial charge in [0.2, 0.25) is 0 Å². The number of pyridine rings is 1. The monoisotopic (exact) mass is 525 g/mol. The Hall–Kier alpha value is -3.84. The minimum absolute atomic E-state index is 0.0688. The molecule has 0 unspecified atom stereocenters. The van der Waals surface area contributed by atoms with Crippen molar-refractivity contribution in [3.05, 3.63) is 102 Å². The molecule has 7 heteroatoms. The van der Waals surface area contributed by atoms with Crippen LogP contribution in [0.1, 0.15) is 48.6 Å². The number of nitrogens with one attached hydrogen (secondary N) is 1. The van der Waals surface area contributed by atoms with Gasteiger partial charge in [-0.25, -0.2) is 0 Å². The lowest BCUT2D eigenvalue weighted by atomic mass is 9.96. The lowest BCUT2D eigenvalue weighted by Gasteiger charge is -2.28. The Labute approximate surface area is 230 Å². The number of ether oxygens (including phenoxy) is 1. The van der Waals surface area contributed by atoms with Crippen molar-refractivity contribution in [3.8, 4) is 11.4 Å². The summed E-state index contributed by atoms with van der Waals surface area (Å²) in [6, 6.07) is 25.1. The first-order valence-electron chi connectivity index (χ1n) is 13.2. The summed E-state index contributed by atoms with van der Waals surface area (Å²) in [6.07, 6.45) is 1.84. The number of benzene rings is 2. The van der Waals surface area contributed by atoms with Gasteiger partial charge in [-0.1, -0.05) is 6.07 Å². The van der Waals surface area contributed by atoms with E-state index in [0.717, 1.165) is 35.9 Å². The molecule has 6 nitrogen and oxygen atoms in total. The molecule has 1 aliphatic rings. The van der Waals surface area contributed by atoms with Crippen molar-refractivity contribution < 1.29 is 4.74 Å². The number of aromatic nitrogens is 2. The molecule has 1 aliphatic heterocycles. The van der Waals surface area contributed by atoms with Crippen LogP contribution in [0, 0.1) is 13.8 Å². The van der Waals surface area contributed by atoms with Crippen LogP contribution in [0.3, 0.4) is 0 Å². The molecular formula is C31H35N5OS. The Morgan fingerprint density at radius 2 is 1.63 bits per heavy atom. The number of hydrogen-bond acceptors (Lipinski definition) is 4. The van der Waals surface area contributed by atoms with Crippen molar-refractivity contribution in [2.75, 3.05) is 30.0 Å². The van der Waals surface area contributed by atoms with Gasteiger partial charge in [-0.05, 0) is 112 Å². The molecule has 0 aliphatic carbocycles. The fraction of sp³-hybridized carbons (Fsp3) is 0.290. The molecule has 0 radical (unpaired) electrons. The molecule has 2 aromatic heterocycles. The fourth-order valence-corrected chi connectivity index (χ4v) is 5.92. The van der Waals surface area contributed by atoms with E-state index in [-0.39, 0.29) is 12.1 Å². The van der Waals surface area contributed by atoms with Crippen LogP contribution in [0.5, 0.6) is 5.75 Å². The van der Waals surface area contributed by atoms with Crippen LogP contribution >= 0.6 is 12.2 Å². The second kappa shape index (κ2) is 10.9. The summed E-state index contributed by atoms with van der Waals surface area (Å²) in [5, 5.41) is 4.26. The minimum atomic E-state index is -0.0928. The van der Waals surface area contributed by atoms with Gasteiger partial charge >= 0.3 is 0 Å². The van der Waals surface area contributed by atoms with Crippen molar-refractivity contribution in [1.82, 2.24) is 14.9 Å². The summed E-state index contributed by atoms with van der Waals surface area (Å²) in [4.78, 5) is 9.28. The number of rotatable bonds is 8. The molecule has 2 aromatic carbocycles. The van der Waals surface area contributed by atoms with Gasteiger partial charge in [0.1, 0.15) is 5.75 Å². The van der Waals surface area contributed by atoms with Crippen LogP contribution in [0.4, 0.5) is 11.4 Å². The lowest BCUT2D eigenvalue weighted by molar-refractivity contribution is 0.415. The molecule has 0 saturated carbocycles. The number of nitrogens with zero attached hydrogens (tertiary/aromatic N) is 4. The third kappa shape index (κ3) is 4.63. The highest BCUT2D eigenvalue weighted by atomic mass is 32.1. The number of anilines is 2. The van der Waals surface area contributed by atoms with Gasteiger partial charge in [-0.3, -0.25) is 4.98 Å². The summed E-state index contributed by atoms with van der Waals surface area (Å²) in [7, 11) is 1.68. The molecule has 38 heavy (non-hydrogen) atoms. The normalized spacial score (nSPS) is 17.0. The SMILES string of the molecule is CCN(CC)c1ccc(-n2c(C)cc([C@H]3[C@@H](c4ccccn4)NC(=S)N3c3ccc(OC)cc3)c2C)cc1. The zero-order valence-electron chi connectivity index (χ0n) is 22.7. The van der Waals surface area contributed by atoms with E-state index in [1.54, 1.807) is 7.11 Å². The van der Waals surface area contributed by atoms with Crippen LogP contribution in [0.2, 0.25) is 0 Å². The van der Waals surface area contributed by atoms with Crippen molar-refractivity contribution in [1.29, 1.82) is 0 Å². The molecule has 5 rings (SSSR count). The Morgan fingerprint density at radius 3 is 2.24 bits per heavy atom. The molecule has 1 saturated heterocycles. The highest BCUT2D eigenvalue weighted by Crippen LogP contribution is 2.44. The average molecular weight is 526 g/mol. The topological polar surface area (TPSA) is 45.6 Å². The summed E-state index contributed by atoms with van der Waals surface area (Å²) in [5.74, 6) is 0.816. The second-order valence-electron chi connectivity index (χ2n) is 9.55. The molecule has 1 fully saturated rings. The molecule has 196 valence electrons. The highest BCUT2D eigenvalue weighted by Gasteiger charge is 2.42. The second-order valence-corrected chi connectivity index (χ2v) is 9.93. The maximum absolute atomic E-state index is 5.92. The van der Waals surface area contributed by atoms with E-state index in [1.165, 1.54) is 22.6 Å². The van der Waals surface area contributed by atoms with Crippen LogP contribution < -0.4 is 19.9 Å². The summed E-state index contributed by atoms with van der Waals surface area (Å²) in [6.45, 7) is 10.7. The maximum atomic E-state index is 5.92. The van der Waals surface area contributed by atoms with Gasteiger partial charge in [-0.2, -0.15) is 0 Å². The third-order valence-electron chi connectivity index (χ3n) is 7.47. The Kier molecular flexibility index (Phi) is 7.38. The summed E-state index contributed by atoms with van der Waals surface area (Å²) in [5.41, 5.74) is 7.96. The van der Waals surface area contributed by atoms with Gasteiger partial charge in [-0.15, -0.1) is 0 Å². The quantitative estimate of drug-likeness (QED) is 0.264. The summed E-state index contributed by atoms with van der Waals surface area (Å²) < 4.78 is 7.74. The van der Waals surface area contributed by atoms with E-state index >= 15 is 0 Å². The van der Waals surface area contributed by atoms with Gasteiger partial charge in [0.25, 0.3) is 0 Å². The van der Waals surface area contributed by atoms with Crippen molar-refractivity contribution in [2.45, 2.75) is 39.8 Å². The largest absolute Gasteiger partial charge is 0.497 e. The Balaban J connectivity index is 1.60. The van der Waals surface area contributed by atoms with E-state index < -0.39 is 0 Å². The standard InChI is InChI=1S/C31H35N5OS/c1-6-34(7-2)23-11-13-24(14-12-23)35-21(3)20-27(22(35)4)30-29(28-10-8-9-19-32-28)33-31(38)36(30)25-15-17-26(37-5)18-16-25/h8-20,29-30H,6-7H2,1-5H3,(H,33,38)/t29-,30+/m1/s1. The Morgan fingerprint density at radius 1 is 0.947 bits per heavy atom. The fourth-order valence-electron chi connectivity index (χ4n) is 5.58. The van der Waals surface area contributed by atoms with E-state index in [0.29, 0.717) is 5.11 Å². The molecule has 4 aromatic rings. The van der Waals surface area contributed by atoms with E-state index in [4.69, 9.17) is 21.9 Å². The molecule has 2 atom stereocenters. The van der Waals surface area contributed by atoms with Crippen molar-refractivity contribution in [3.63, 3.8) is 0 Å². The minimum Gasteiger partial charge on any atom is -0.497 e. The van der Waals surface area contributed by atoms with Crippen LogP contribution in [0.25, 0.3) is 5.69 Å². The summed E-state index contributed by atoms with van der Waals surface area (Å²) >= 11 is 5.92. The number of thiocarbonyl (C=S) groups is 1. The Bertz CT molecular complexity index is 1390. The average Bonchev–Trinajstić information content (AvgIpc) is 3.45. The maximum Gasteiger partial charge on any atom is 0.174 e. The van der Waals surface area contributed by atoms with Crippen LogP contribution in [-0.4, -0.2) is 34.9 Å². The van der Waals surface area contributed by atoms with Gasteiger partial charge in [0, 0.05) is 47.7 Å². The molecular weight excluding hydrogens is 490 g/mol. The zero-order valence-corrected chi connectivity index (χ0v) is 23.5.